The van der Waals surface area contributed by atoms with Crippen molar-refractivity contribution >= 4 is 17.3 Å². The van der Waals surface area contributed by atoms with E-state index in [4.69, 9.17) is 5.73 Å². The quantitative estimate of drug-likeness (QED) is 0.819. The van der Waals surface area contributed by atoms with Crippen LogP contribution in [0.4, 0.5) is 11.4 Å². The van der Waals surface area contributed by atoms with E-state index in [9.17, 15) is 4.79 Å². The Morgan fingerprint density at radius 3 is 2.58 bits per heavy atom. The van der Waals surface area contributed by atoms with E-state index in [1.165, 1.54) is 0 Å². The normalized spacial score (nSPS) is 23.5. The first kappa shape index (κ1) is 13.9. The first-order valence-electron chi connectivity index (χ1n) is 6.84. The zero-order valence-electron chi connectivity index (χ0n) is 11.9. The predicted molar refractivity (Wildman–Crippen MR) is 79.0 cm³/mol. The lowest BCUT2D eigenvalue weighted by Gasteiger charge is -2.15. The molecule has 104 valence electrons. The third kappa shape index (κ3) is 3.47. The molecule has 0 radical (unpaired) electrons. The fourth-order valence-corrected chi connectivity index (χ4v) is 2.57. The predicted octanol–water partition coefficient (Wildman–Crippen LogP) is 2.10. The number of hydrogen-bond acceptors (Lipinski definition) is 3. The highest BCUT2D eigenvalue weighted by molar-refractivity contribution is 5.95. The van der Waals surface area contributed by atoms with Gasteiger partial charge in [0.2, 0.25) is 5.91 Å². The maximum atomic E-state index is 12.0. The molecule has 0 bridgehead atoms. The summed E-state index contributed by atoms with van der Waals surface area (Å²) in [4.78, 5) is 14.2. The maximum Gasteiger partial charge on any atom is 0.238 e. The molecule has 1 aliphatic rings. The van der Waals surface area contributed by atoms with E-state index in [0.717, 1.165) is 18.7 Å². The third-order valence-electron chi connectivity index (χ3n) is 3.91. The smallest absolute Gasteiger partial charge is 0.238 e. The van der Waals surface area contributed by atoms with Gasteiger partial charge in [0.05, 0.1) is 17.9 Å². The number of carbonyl (C=O) groups is 1. The number of anilines is 2. The van der Waals surface area contributed by atoms with E-state index < -0.39 is 0 Å². The Morgan fingerprint density at radius 1 is 1.37 bits per heavy atom. The van der Waals surface area contributed by atoms with Gasteiger partial charge in [-0.25, -0.2) is 0 Å². The molecular formula is C15H23N3O. The standard InChI is InChI=1S/C15H23N3O/c1-10-4-5-14(13(16)6-10)17-15(19)9-18-7-11(2)12(3)8-18/h4-6,11-12H,7-9,16H2,1-3H3,(H,17,19). The molecule has 0 aliphatic carbocycles. The molecular weight excluding hydrogens is 238 g/mol. The number of rotatable bonds is 3. The Hall–Kier alpha value is -1.55. The fourth-order valence-electron chi connectivity index (χ4n) is 2.57. The van der Waals surface area contributed by atoms with Crippen molar-refractivity contribution in [2.75, 3.05) is 30.7 Å². The van der Waals surface area contributed by atoms with Crippen molar-refractivity contribution in [1.29, 1.82) is 0 Å². The number of amides is 1. The van der Waals surface area contributed by atoms with Gasteiger partial charge in [0, 0.05) is 13.1 Å². The summed E-state index contributed by atoms with van der Waals surface area (Å²) in [5.41, 5.74) is 8.32. The van der Waals surface area contributed by atoms with Gasteiger partial charge in [-0.1, -0.05) is 19.9 Å². The minimum Gasteiger partial charge on any atom is -0.397 e. The number of nitrogens with zero attached hydrogens (tertiary/aromatic N) is 1. The Bertz CT molecular complexity index is 462. The summed E-state index contributed by atoms with van der Waals surface area (Å²) in [5, 5.41) is 2.89. The molecule has 1 heterocycles. The molecule has 1 aliphatic heterocycles. The number of nitrogens with two attached hydrogens (primary N) is 1. The van der Waals surface area contributed by atoms with Gasteiger partial charge < -0.3 is 11.1 Å². The lowest BCUT2D eigenvalue weighted by Crippen LogP contribution is -2.31. The Balaban J connectivity index is 1.91. The minimum absolute atomic E-state index is 0.0110. The second-order valence-corrected chi connectivity index (χ2v) is 5.79. The Morgan fingerprint density at radius 2 is 2.00 bits per heavy atom. The SMILES string of the molecule is Cc1ccc(NC(=O)CN2CC(C)C(C)C2)c(N)c1. The molecule has 0 spiro atoms. The molecule has 2 unspecified atom stereocenters. The van der Waals surface area contributed by atoms with Crippen LogP contribution in [0.3, 0.4) is 0 Å². The summed E-state index contributed by atoms with van der Waals surface area (Å²) < 4.78 is 0. The zero-order chi connectivity index (χ0) is 14.0. The summed E-state index contributed by atoms with van der Waals surface area (Å²) in [7, 11) is 0. The molecule has 2 rings (SSSR count). The lowest BCUT2D eigenvalue weighted by molar-refractivity contribution is -0.117. The number of likely N-dealkylation sites (tertiary alicyclic amines) is 1. The molecule has 2 atom stereocenters. The van der Waals surface area contributed by atoms with Crippen molar-refractivity contribution < 1.29 is 4.79 Å². The van der Waals surface area contributed by atoms with Crippen LogP contribution >= 0.6 is 0 Å². The summed E-state index contributed by atoms with van der Waals surface area (Å²) >= 11 is 0. The highest BCUT2D eigenvalue weighted by Crippen LogP contribution is 2.22. The Kier molecular flexibility index (Phi) is 4.10. The van der Waals surface area contributed by atoms with Crippen LogP contribution in [-0.2, 0) is 4.79 Å². The molecule has 1 saturated heterocycles. The number of hydrogen-bond donors (Lipinski definition) is 2. The zero-order valence-corrected chi connectivity index (χ0v) is 11.9. The number of carbonyl (C=O) groups excluding carboxylic acids is 1. The number of nitrogen functional groups attached to an aromatic ring is 1. The van der Waals surface area contributed by atoms with Gasteiger partial charge in [-0.05, 0) is 36.5 Å². The molecule has 1 aromatic carbocycles. The molecule has 1 aromatic rings. The summed E-state index contributed by atoms with van der Waals surface area (Å²) in [5.74, 6) is 1.34. The van der Waals surface area contributed by atoms with Crippen LogP contribution in [0.15, 0.2) is 18.2 Å². The average Bonchev–Trinajstić information content (AvgIpc) is 2.62. The molecule has 19 heavy (non-hydrogen) atoms. The monoisotopic (exact) mass is 261 g/mol. The van der Waals surface area contributed by atoms with E-state index in [1.54, 1.807) is 0 Å². The van der Waals surface area contributed by atoms with Gasteiger partial charge in [0.25, 0.3) is 0 Å². The van der Waals surface area contributed by atoms with Crippen LogP contribution in [0.5, 0.6) is 0 Å². The Labute approximate surface area is 115 Å². The van der Waals surface area contributed by atoms with Gasteiger partial charge in [-0.2, -0.15) is 0 Å². The number of nitrogens with one attached hydrogen (secondary N) is 1. The first-order valence-corrected chi connectivity index (χ1v) is 6.84. The molecule has 4 heteroatoms. The average molecular weight is 261 g/mol. The van der Waals surface area contributed by atoms with Crippen LogP contribution in [0, 0.1) is 18.8 Å². The number of benzene rings is 1. The highest BCUT2D eigenvalue weighted by Gasteiger charge is 2.27. The molecule has 0 aromatic heterocycles. The fraction of sp³-hybridized carbons (Fsp3) is 0.533. The second-order valence-electron chi connectivity index (χ2n) is 5.79. The topological polar surface area (TPSA) is 58.4 Å². The van der Waals surface area contributed by atoms with Crippen molar-refractivity contribution in [1.82, 2.24) is 4.90 Å². The summed E-state index contributed by atoms with van der Waals surface area (Å²) in [6.45, 7) is 8.90. The highest BCUT2D eigenvalue weighted by atomic mass is 16.2. The van der Waals surface area contributed by atoms with Gasteiger partial charge in [-0.3, -0.25) is 9.69 Å². The van der Waals surface area contributed by atoms with Crippen molar-refractivity contribution in [2.45, 2.75) is 20.8 Å². The second kappa shape index (κ2) is 5.61. The van der Waals surface area contributed by atoms with Gasteiger partial charge in [-0.15, -0.1) is 0 Å². The third-order valence-corrected chi connectivity index (χ3v) is 3.91. The van der Waals surface area contributed by atoms with Crippen molar-refractivity contribution in [3.05, 3.63) is 23.8 Å². The largest absolute Gasteiger partial charge is 0.397 e. The molecule has 3 N–H and O–H groups in total. The van der Waals surface area contributed by atoms with Crippen LogP contribution in [0.2, 0.25) is 0 Å². The van der Waals surface area contributed by atoms with E-state index in [-0.39, 0.29) is 5.91 Å². The minimum atomic E-state index is 0.0110. The van der Waals surface area contributed by atoms with Gasteiger partial charge >= 0.3 is 0 Å². The lowest BCUT2D eigenvalue weighted by atomic mass is 10.0. The van der Waals surface area contributed by atoms with E-state index in [0.29, 0.717) is 29.8 Å². The molecule has 1 amide bonds. The van der Waals surface area contributed by atoms with Crippen LogP contribution in [0.1, 0.15) is 19.4 Å². The van der Waals surface area contributed by atoms with E-state index >= 15 is 0 Å². The van der Waals surface area contributed by atoms with Crippen LogP contribution in [0.25, 0.3) is 0 Å². The molecule has 4 nitrogen and oxygen atoms in total. The molecule has 1 fully saturated rings. The van der Waals surface area contributed by atoms with Crippen LogP contribution in [-0.4, -0.2) is 30.4 Å². The summed E-state index contributed by atoms with van der Waals surface area (Å²) in [6, 6.07) is 5.68. The summed E-state index contributed by atoms with van der Waals surface area (Å²) in [6.07, 6.45) is 0. The first-order chi connectivity index (χ1) is 8.95. The number of aryl methyl sites for hydroxylation is 1. The van der Waals surface area contributed by atoms with Gasteiger partial charge in [0.1, 0.15) is 0 Å². The van der Waals surface area contributed by atoms with E-state index in [1.807, 2.05) is 25.1 Å². The van der Waals surface area contributed by atoms with Crippen molar-refractivity contribution in [3.8, 4) is 0 Å². The van der Waals surface area contributed by atoms with Gasteiger partial charge in [0.15, 0.2) is 0 Å². The maximum absolute atomic E-state index is 12.0. The van der Waals surface area contributed by atoms with Crippen molar-refractivity contribution in [3.63, 3.8) is 0 Å². The van der Waals surface area contributed by atoms with Crippen molar-refractivity contribution in [2.24, 2.45) is 11.8 Å². The molecule has 0 saturated carbocycles. The van der Waals surface area contributed by atoms with E-state index in [2.05, 4.69) is 24.1 Å². The van der Waals surface area contributed by atoms with Crippen LogP contribution < -0.4 is 11.1 Å².